The van der Waals surface area contributed by atoms with Crippen LogP contribution in [0.1, 0.15) is 20.3 Å². The molecule has 0 heterocycles. The molecule has 1 amide bonds. The number of amides is 1. The molecule has 0 aliphatic heterocycles. The zero-order chi connectivity index (χ0) is 14.3. The molecule has 0 spiro atoms. The average molecular weight is 304 g/mol. The molecular formula is C13H24N2O2S2. The molecule has 0 unspecified atom stereocenters. The zero-order valence-corrected chi connectivity index (χ0v) is 13.6. The Hall–Kier alpha value is -0.350. The van der Waals surface area contributed by atoms with Gasteiger partial charge in [-0.3, -0.25) is 4.79 Å². The summed E-state index contributed by atoms with van der Waals surface area (Å²) < 4.78 is 5.35. The molecule has 0 aliphatic carbocycles. The van der Waals surface area contributed by atoms with Crippen molar-refractivity contribution in [3.05, 3.63) is 0 Å². The van der Waals surface area contributed by atoms with Gasteiger partial charge >= 0.3 is 0 Å². The van der Waals surface area contributed by atoms with E-state index in [9.17, 15) is 4.79 Å². The van der Waals surface area contributed by atoms with Gasteiger partial charge in [-0.15, -0.1) is 0 Å². The summed E-state index contributed by atoms with van der Waals surface area (Å²) in [4.78, 5) is 11.4. The van der Waals surface area contributed by atoms with Crippen LogP contribution in [-0.4, -0.2) is 44.3 Å². The van der Waals surface area contributed by atoms with Gasteiger partial charge in [0.25, 0.3) is 0 Å². The third-order valence-corrected chi connectivity index (χ3v) is 3.98. The van der Waals surface area contributed by atoms with Crippen molar-refractivity contribution in [3.8, 4) is 11.8 Å². The zero-order valence-electron chi connectivity index (χ0n) is 12.0. The standard InChI is InChI=1S/C13H24N2O2S2/c1-12(2)5-4-7-15-13(16)6-9-17-11-19-18-10-8-14-3/h12,14H,6-11H2,1-3H3,(H,15,16). The Morgan fingerprint density at radius 1 is 1.37 bits per heavy atom. The van der Waals surface area contributed by atoms with Gasteiger partial charge in [-0.05, 0) is 7.05 Å². The lowest BCUT2D eigenvalue weighted by Crippen LogP contribution is -2.24. The Bertz CT molecular complexity index is 288. The molecule has 0 atom stereocenters. The van der Waals surface area contributed by atoms with Crippen molar-refractivity contribution in [1.29, 1.82) is 0 Å². The Labute approximate surface area is 124 Å². The molecule has 0 bridgehead atoms. The van der Waals surface area contributed by atoms with Crippen LogP contribution >= 0.6 is 21.6 Å². The minimum absolute atomic E-state index is 0.00843. The quantitative estimate of drug-likeness (QED) is 0.279. The van der Waals surface area contributed by atoms with E-state index in [0.717, 1.165) is 12.3 Å². The van der Waals surface area contributed by atoms with Gasteiger partial charge in [0, 0.05) is 18.2 Å². The van der Waals surface area contributed by atoms with Crippen molar-refractivity contribution in [2.45, 2.75) is 20.3 Å². The van der Waals surface area contributed by atoms with Crippen LogP contribution in [0.5, 0.6) is 0 Å². The maximum atomic E-state index is 11.4. The minimum atomic E-state index is -0.00843. The number of hydrogen-bond acceptors (Lipinski definition) is 5. The predicted octanol–water partition coefficient (Wildman–Crippen LogP) is 1.73. The van der Waals surface area contributed by atoms with Crippen LogP contribution in [0, 0.1) is 17.8 Å². The third kappa shape index (κ3) is 15.6. The van der Waals surface area contributed by atoms with Gasteiger partial charge in [-0.25, -0.2) is 0 Å². The van der Waals surface area contributed by atoms with Gasteiger partial charge < -0.3 is 15.4 Å². The summed E-state index contributed by atoms with van der Waals surface area (Å²) >= 11 is 0. The summed E-state index contributed by atoms with van der Waals surface area (Å²) in [7, 11) is 5.37. The fraction of sp³-hybridized carbons (Fsp3) is 0.769. The highest BCUT2D eigenvalue weighted by Gasteiger charge is 1.99. The SMILES string of the molecule is CNCCSSCOCCC(=O)NCC#CC(C)C. The van der Waals surface area contributed by atoms with Gasteiger partial charge in [-0.2, -0.15) is 0 Å². The maximum absolute atomic E-state index is 11.4. The lowest BCUT2D eigenvalue weighted by Gasteiger charge is -2.04. The van der Waals surface area contributed by atoms with Crippen molar-refractivity contribution in [3.63, 3.8) is 0 Å². The minimum Gasteiger partial charge on any atom is -0.369 e. The summed E-state index contributed by atoms with van der Waals surface area (Å²) in [5.41, 5.74) is 0. The number of nitrogens with one attached hydrogen (secondary N) is 2. The summed E-state index contributed by atoms with van der Waals surface area (Å²) in [6, 6.07) is 0. The summed E-state index contributed by atoms with van der Waals surface area (Å²) in [5.74, 6) is 7.92. The van der Waals surface area contributed by atoms with E-state index in [1.165, 1.54) is 0 Å². The molecule has 2 N–H and O–H groups in total. The largest absolute Gasteiger partial charge is 0.369 e. The number of rotatable bonds is 10. The smallest absolute Gasteiger partial charge is 0.223 e. The van der Waals surface area contributed by atoms with Crippen molar-refractivity contribution < 1.29 is 9.53 Å². The van der Waals surface area contributed by atoms with Crippen molar-refractivity contribution in [2.75, 3.05) is 38.4 Å². The van der Waals surface area contributed by atoms with Crippen molar-refractivity contribution >= 4 is 27.5 Å². The highest BCUT2D eigenvalue weighted by molar-refractivity contribution is 8.76. The van der Waals surface area contributed by atoms with E-state index in [4.69, 9.17) is 4.74 Å². The van der Waals surface area contributed by atoms with Crippen molar-refractivity contribution in [2.24, 2.45) is 5.92 Å². The van der Waals surface area contributed by atoms with Crippen LogP contribution < -0.4 is 10.6 Å². The lowest BCUT2D eigenvalue weighted by atomic mass is 10.2. The lowest BCUT2D eigenvalue weighted by molar-refractivity contribution is -0.121. The maximum Gasteiger partial charge on any atom is 0.223 e. The fourth-order valence-electron chi connectivity index (χ4n) is 0.981. The molecule has 0 aromatic heterocycles. The van der Waals surface area contributed by atoms with Crippen LogP contribution in [-0.2, 0) is 9.53 Å². The van der Waals surface area contributed by atoms with Gasteiger partial charge in [0.2, 0.25) is 5.91 Å². The summed E-state index contributed by atoms with van der Waals surface area (Å²) in [5, 5.41) is 5.82. The van der Waals surface area contributed by atoms with Gasteiger partial charge in [0.1, 0.15) is 5.94 Å². The van der Waals surface area contributed by atoms with Crippen LogP contribution in [0.15, 0.2) is 0 Å². The molecule has 0 saturated heterocycles. The Morgan fingerprint density at radius 3 is 2.84 bits per heavy atom. The molecule has 0 aromatic rings. The highest BCUT2D eigenvalue weighted by Crippen LogP contribution is 2.19. The molecule has 19 heavy (non-hydrogen) atoms. The van der Waals surface area contributed by atoms with Gasteiger partial charge in [-0.1, -0.05) is 47.3 Å². The average Bonchev–Trinajstić information content (AvgIpc) is 2.37. The molecule has 4 nitrogen and oxygen atoms in total. The number of carbonyl (C=O) groups is 1. The van der Waals surface area contributed by atoms with E-state index < -0.39 is 0 Å². The van der Waals surface area contributed by atoms with Crippen LogP contribution in [0.4, 0.5) is 0 Å². The molecule has 0 saturated carbocycles. The molecule has 0 radical (unpaired) electrons. The van der Waals surface area contributed by atoms with E-state index >= 15 is 0 Å². The van der Waals surface area contributed by atoms with Gasteiger partial charge in [0.05, 0.1) is 19.6 Å². The third-order valence-electron chi connectivity index (χ3n) is 1.89. The number of ether oxygens (including phenoxy) is 1. The normalized spacial score (nSPS) is 10.1. The first-order valence-corrected chi connectivity index (χ1v) is 8.87. The van der Waals surface area contributed by atoms with Crippen LogP contribution in [0.25, 0.3) is 0 Å². The second kappa shape index (κ2) is 14.1. The van der Waals surface area contributed by atoms with Crippen LogP contribution in [0.3, 0.4) is 0 Å². The van der Waals surface area contributed by atoms with E-state index in [1.54, 1.807) is 21.6 Å². The molecule has 6 heteroatoms. The summed E-state index contributed by atoms with van der Waals surface area (Å²) in [6.45, 7) is 5.93. The predicted molar refractivity (Wildman–Crippen MR) is 85.0 cm³/mol. The second-order valence-corrected chi connectivity index (χ2v) is 6.60. The molecular weight excluding hydrogens is 280 g/mol. The van der Waals surface area contributed by atoms with Gasteiger partial charge in [0.15, 0.2) is 0 Å². The first-order chi connectivity index (χ1) is 9.16. The Morgan fingerprint density at radius 2 is 2.16 bits per heavy atom. The molecule has 0 aliphatic rings. The molecule has 0 fully saturated rings. The highest BCUT2D eigenvalue weighted by atomic mass is 33.1. The van der Waals surface area contributed by atoms with Crippen LogP contribution in [0.2, 0.25) is 0 Å². The van der Waals surface area contributed by atoms with Crippen molar-refractivity contribution in [1.82, 2.24) is 10.6 Å². The first-order valence-electron chi connectivity index (χ1n) is 6.38. The molecule has 110 valence electrons. The topological polar surface area (TPSA) is 50.4 Å². The van der Waals surface area contributed by atoms with E-state index in [0.29, 0.717) is 31.4 Å². The van der Waals surface area contributed by atoms with E-state index in [2.05, 4.69) is 22.5 Å². The number of hydrogen-bond donors (Lipinski definition) is 2. The number of carbonyl (C=O) groups excluding carboxylic acids is 1. The first kappa shape index (κ1) is 18.7. The molecule has 0 rings (SSSR count). The monoisotopic (exact) mass is 304 g/mol. The van der Waals surface area contributed by atoms with E-state index in [-0.39, 0.29) is 5.91 Å². The fourth-order valence-corrected chi connectivity index (χ4v) is 2.65. The second-order valence-electron chi connectivity index (χ2n) is 4.07. The Kier molecular flexibility index (Phi) is 13.8. The molecule has 0 aromatic carbocycles. The Balaban J connectivity index is 3.28. The summed E-state index contributed by atoms with van der Waals surface area (Å²) in [6.07, 6.45) is 0.394. The van der Waals surface area contributed by atoms with E-state index in [1.807, 2.05) is 20.9 Å².